The lowest BCUT2D eigenvalue weighted by atomic mass is 10.1. The first-order chi connectivity index (χ1) is 6.18. The first kappa shape index (κ1) is 8.78. The number of hydrogen-bond acceptors (Lipinski definition) is 2. The molecule has 1 heterocycles. The number of fused-ring (bicyclic) bond motifs is 1. The topological polar surface area (TPSA) is 43.1 Å². The van der Waals surface area contributed by atoms with Crippen LogP contribution in [-0.4, -0.2) is 11.5 Å². The summed E-state index contributed by atoms with van der Waals surface area (Å²) in [6, 6.07) is 5.96. The van der Waals surface area contributed by atoms with Gasteiger partial charge in [-0.25, -0.2) is 0 Å². The van der Waals surface area contributed by atoms with Gasteiger partial charge in [-0.1, -0.05) is 11.6 Å². The zero-order chi connectivity index (χ0) is 9.42. The highest BCUT2D eigenvalue weighted by Gasteiger charge is 2.31. The minimum Gasteiger partial charge on any atom is -0.294 e. The van der Waals surface area contributed by atoms with Crippen molar-refractivity contribution in [3.8, 4) is 0 Å². The molecule has 1 aromatic rings. The molecule has 1 aliphatic heterocycles. The van der Waals surface area contributed by atoms with Crippen LogP contribution in [0.5, 0.6) is 0 Å². The fraction of sp³-hybridized carbons (Fsp3) is 0.300. The van der Waals surface area contributed by atoms with Gasteiger partial charge in [-0.15, -0.1) is 5.14 Å². The Kier molecular flexibility index (Phi) is 2.14. The first-order valence-electron chi connectivity index (χ1n) is 4.27. The molecule has 0 aromatic heterocycles. The Balaban J connectivity index is 2.57. The highest BCUT2D eigenvalue weighted by Crippen LogP contribution is 2.24. The van der Waals surface area contributed by atoms with Gasteiger partial charge in [0.15, 0.2) is 10.7 Å². The molecule has 0 saturated carbocycles. The van der Waals surface area contributed by atoms with Crippen molar-refractivity contribution in [1.82, 2.24) is 0 Å². The van der Waals surface area contributed by atoms with Crippen LogP contribution in [0.3, 0.4) is 0 Å². The average molecular weight is 194 g/mol. The number of ketones is 1. The maximum Gasteiger partial charge on any atom is 0.186 e. The predicted molar refractivity (Wildman–Crippen MR) is 54.8 cm³/mol. The van der Waals surface area contributed by atoms with Gasteiger partial charge in [0.05, 0.1) is 12.0 Å². The quantitative estimate of drug-likeness (QED) is 0.635. The molecule has 2 nitrogen and oxygen atoms in total. The Morgan fingerprint density at radius 2 is 2.23 bits per heavy atom. The van der Waals surface area contributed by atoms with E-state index < -0.39 is 0 Å². The van der Waals surface area contributed by atoms with Gasteiger partial charge < -0.3 is 0 Å². The molecule has 13 heavy (non-hydrogen) atoms. The number of carbonyl (C=O) groups excluding carboxylic acids is 1. The summed E-state index contributed by atoms with van der Waals surface area (Å²) in [4.78, 5) is 12.6. The zero-order valence-electron chi connectivity index (χ0n) is 7.54. The number of rotatable bonds is 0. The summed E-state index contributed by atoms with van der Waals surface area (Å²) in [5.41, 5.74) is 1.98. The van der Waals surface area contributed by atoms with Crippen LogP contribution in [0, 0.1) is 6.92 Å². The fourth-order valence-electron chi connectivity index (χ4n) is 1.54. The third-order valence-electron chi connectivity index (χ3n) is 2.27. The lowest BCUT2D eigenvalue weighted by Crippen LogP contribution is -2.27. The third kappa shape index (κ3) is 1.49. The van der Waals surface area contributed by atoms with Gasteiger partial charge in [0.25, 0.3) is 0 Å². The van der Waals surface area contributed by atoms with Crippen LogP contribution in [0.1, 0.15) is 22.3 Å². The molecule has 1 atom stereocenters. The molecule has 1 aromatic carbocycles. The molecule has 0 bridgehead atoms. The highest BCUT2D eigenvalue weighted by molar-refractivity contribution is 7.95. The molecular weight excluding hydrogens is 182 g/mol. The van der Waals surface area contributed by atoms with Gasteiger partial charge in [-0.05, 0) is 19.1 Å². The summed E-state index contributed by atoms with van der Waals surface area (Å²) in [5.74, 6) is 1.06. The van der Waals surface area contributed by atoms with E-state index in [1.807, 2.05) is 25.1 Å². The van der Waals surface area contributed by atoms with E-state index in [4.69, 9.17) is 5.14 Å². The van der Waals surface area contributed by atoms with Gasteiger partial charge >= 0.3 is 0 Å². The maximum absolute atomic E-state index is 11.5. The number of nitrogens with two attached hydrogens (primary N) is 1. The van der Waals surface area contributed by atoms with E-state index in [9.17, 15) is 4.79 Å². The summed E-state index contributed by atoms with van der Waals surface area (Å²) < 4.78 is 0. The van der Waals surface area contributed by atoms with Crippen LogP contribution in [0.15, 0.2) is 23.1 Å². The summed E-state index contributed by atoms with van der Waals surface area (Å²) in [6.07, 6.45) is 0.607. The minimum atomic E-state index is -0.215. The molecule has 2 rings (SSSR count). The van der Waals surface area contributed by atoms with Gasteiger partial charge in [-0.3, -0.25) is 4.79 Å². The molecule has 2 N–H and O–H groups in total. The van der Waals surface area contributed by atoms with E-state index in [0.29, 0.717) is 6.42 Å². The van der Waals surface area contributed by atoms with E-state index in [1.54, 1.807) is 0 Å². The van der Waals surface area contributed by atoms with Crippen LogP contribution < -0.4 is 5.14 Å². The van der Waals surface area contributed by atoms with E-state index >= 15 is 0 Å². The van der Waals surface area contributed by atoms with Crippen molar-refractivity contribution in [2.45, 2.75) is 18.2 Å². The fourth-order valence-corrected chi connectivity index (χ4v) is 2.86. The molecule has 0 spiro atoms. The van der Waals surface area contributed by atoms with E-state index in [0.717, 1.165) is 21.8 Å². The Labute approximate surface area is 80.6 Å². The van der Waals surface area contributed by atoms with Crippen molar-refractivity contribution < 1.29 is 4.79 Å². The number of benzene rings is 1. The van der Waals surface area contributed by atoms with Crippen molar-refractivity contribution in [2.24, 2.45) is 5.14 Å². The molecule has 68 valence electrons. The van der Waals surface area contributed by atoms with Crippen molar-refractivity contribution in [2.75, 3.05) is 5.75 Å². The summed E-state index contributed by atoms with van der Waals surface area (Å²) in [6.45, 7) is 2.00. The molecule has 0 radical (unpaired) electrons. The van der Waals surface area contributed by atoms with Crippen molar-refractivity contribution in [3.63, 3.8) is 0 Å². The third-order valence-corrected chi connectivity index (χ3v) is 3.83. The second-order valence-electron chi connectivity index (χ2n) is 3.31. The van der Waals surface area contributed by atoms with Crippen LogP contribution in [0.4, 0.5) is 0 Å². The summed E-state index contributed by atoms with van der Waals surface area (Å²) in [5, 5.41) is 5.93. The summed E-state index contributed by atoms with van der Waals surface area (Å²) >= 11 is -0.215. The van der Waals surface area contributed by atoms with Gasteiger partial charge in [0.2, 0.25) is 0 Å². The normalized spacial score (nSPS) is 21.4. The van der Waals surface area contributed by atoms with Crippen LogP contribution in [-0.2, 0) is 11.1 Å². The molecule has 1 unspecified atom stereocenters. The molecule has 1 aliphatic rings. The van der Waals surface area contributed by atoms with Gasteiger partial charge in [0.1, 0.15) is 16.8 Å². The lowest BCUT2D eigenvalue weighted by Gasteiger charge is -2.12. The van der Waals surface area contributed by atoms with Crippen molar-refractivity contribution in [1.29, 1.82) is 0 Å². The van der Waals surface area contributed by atoms with Crippen LogP contribution in [0.25, 0.3) is 0 Å². The number of Topliss-reactive ketones (excluding diaryl/α,β-unsaturated/α-hetero) is 1. The lowest BCUT2D eigenvalue weighted by molar-refractivity contribution is 0.0984. The molecular formula is C10H12NOS+. The van der Waals surface area contributed by atoms with E-state index in [2.05, 4.69) is 0 Å². The first-order valence-corrected chi connectivity index (χ1v) is 5.73. The number of hydrogen-bond donors (Lipinski definition) is 1. The highest BCUT2D eigenvalue weighted by atomic mass is 32.2. The van der Waals surface area contributed by atoms with Crippen molar-refractivity contribution >= 4 is 16.9 Å². The van der Waals surface area contributed by atoms with Crippen molar-refractivity contribution in [3.05, 3.63) is 29.3 Å². The Hall–Kier alpha value is -0.800. The molecule has 0 amide bonds. The number of carbonyl (C=O) groups is 1. The van der Waals surface area contributed by atoms with E-state index in [-0.39, 0.29) is 16.9 Å². The second-order valence-corrected chi connectivity index (χ2v) is 5.01. The predicted octanol–water partition coefficient (Wildman–Crippen LogP) is 1.43. The largest absolute Gasteiger partial charge is 0.294 e. The second kappa shape index (κ2) is 3.16. The standard InChI is InChI=1S/C10H12NOS/c1-7-2-3-10-8(6-7)9(12)4-5-13(10)11/h2-3,6H,4-5,11H2,1H3/q+1. The van der Waals surface area contributed by atoms with Crippen LogP contribution in [0.2, 0.25) is 0 Å². The molecule has 0 aliphatic carbocycles. The van der Waals surface area contributed by atoms with Gasteiger partial charge in [0, 0.05) is 0 Å². The van der Waals surface area contributed by atoms with E-state index in [1.165, 1.54) is 0 Å². The SMILES string of the molecule is Cc1ccc2c(c1)C(=O)CC[S+]2N. The number of aryl methyl sites for hydroxylation is 1. The smallest absolute Gasteiger partial charge is 0.186 e. The Bertz CT molecular complexity index is 362. The average Bonchev–Trinajstić information content (AvgIpc) is 2.12. The maximum atomic E-state index is 11.5. The van der Waals surface area contributed by atoms with Gasteiger partial charge in [-0.2, -0.15) is 0 Å². The molecule has 0 fully saturated rings. The Morgan fingerprint density at radius 1 is 1.46 bits per heavy atom. The minimum absolute atomic E-state index is 0.215. The molecule has 0 saturated heterocycles. The zero-order valence-corrected chi connectivity index (χ0v) is 8.36. The monoisotopic (exact) mass is 194 g/mol. The summed E-state index contributed by atoms with van der Waals surface area (Å²) in [7, 11) is 0. The molecule has 3 heteroatoms. The van der Waals surface area contributed by atoms with Crippen LogP contribution >= 0.6 is 0 Å². The Morgan fingerprint density at radius 3 is 3.00 bits per heavy atom.